The Kier molecular flexibility index (Phi) is 3.52. The van der Waals surface area contributed by atoms with E-state index in [0.29, 0.717) is 10.2 Å². The third-order valence-corrected chi connectivity index (χ3v) is 5.73. The van der Waals surface area contributed by atoms with E-state index in [1.165, 1.54) is 22.7 Å². The van der Waals surface area contributed by atoms with Crippen molar-refractivity contribution in [2.45, 2.75) is 13.0 Å². The molecule has 2 N–H and O–H groups in total. The Morgan fingerprint density at radius 1 is 1.36 bits per heavy atom. The maximum Gasteiger partial charge on any atom is 0.270 e. The highest BCUT2D eigenvalue weighted by molar-refractivity contribution is 7.25. The number of aromatic amines is 1. The maximum absolute atomic E-state index is 11.7. The monoisotopic (exact) mass is 331 g/mol. The van der Waals surface area contributed by atoms with Crippen LogP contribution in [-0.4, -0.2) is 10.1 Å². The summed E-state index contributed by atoms with van der Waals surface area (Å²) in [5, 5.41) is 22.4. The highest BCUT2D eigenvalue weighted by Gasteiger charge is 2.16. The molecule has 0 aliphatic rings. The topological polar surface area (TPSA) is 106 Å². The van der Waals surface area contributed by atoms with Crippen molar-refractivity contribution in [2.75, 3.05) is 0 Å². The van der Waals surface area contributed by atoms with Gasteiger partial charge in [0, 0.05) is 14.6 Å². The Morgan fingerprint density at radius 3 is 2.82 bits per heavy atom. The van der Waals surface area contributed by atoms with Crippen LogP contribution < -0.4 is 5.56 Å². The molecule has 0 bridgehead atoms. The second-order valence-corrected chi connectivity index (χ2v) is 6.79. The fourth-order valence-electron chi connectivity index (χ4n) is 2.05. The van der Waals surface area contributed by atoms with Crippen LogP contribution in [0.5, 0.6) is 5.75 Å². The second-order valence-electron chi connectivity index (χ2n) is 4.63. The molecule has 1 atom stereocenters. The highest BCUT2D eigenvalue weighted by Crippen LogP contribution is 2.40. The van der Waals surface area contributed by atoms with Crippen LogP contribution in [0.1, 0.15) is 23.4 Å². The third kappa shape index (κ3) is 2.20. The van der Waals surface area contributed by atoms with E-state index in [-0.39, 0.29) is 11.3 Å². The van der Waals surface area contributed by atoms with E-state index in [1.807, 2.05) is 12.1 Å². The Hall–Kier alpha value is -2.50. The number of hydrogen-bond acceptors (Lipinski definition) is 7. The van der Waals surface area contributed by atoms with Gasteiger partial charge in [0.1, 0.15) is 22.7 Å². The number of hydrogen-bond donors (Lipinski definition) is 2. The normalized spacial score (nSPS) is 12.2. The van der Waals surface area contributed by atoms with Crippen molar-refractivity contribution < 1.29 is 5.11 Å². The zero-order valence-electron chi connectivity index (χ0n) is 11.3. The van der Waals surface area contributed by atoms with Crippen LogP contribution in [0.25, 0.3) is 20.0 Å². The lowest BCUT2D eigenvalue weighted by Gasteiger charge is -1.95. The average molecular weight is 331 g/mol. The first kappa shape index (κ1) is 14.4. The van der Waals surface area contributed by atoms with E-state index in [1.54, 1.807) is 19.1 Å². The molecule has 0 saturated carbocycles. The molecule has 3 aromatic heterocycles. The number of aromatic hydroxyl groups is 1. The summed E-state index contributed by atoms with van der Waals surface area (Å²) in [5.74, 6) is -0.302. The quantitative estimate of drug-likeness (QED) is 0.713. The summed E-state index contributed by atoms with van der Waals surface area (Å²) < 4.78 is 0. The standard InChI is InChI=1S/C14H9N3O3S2/c1-6(17-20)9-2-3-10(21-9)11-4-7-12(18)8(5-15)13(19)16-14(7)22-11/h2-4,6H,1H3,(H2,16,18,19). The van der Waals surface area contributed by atoms with E-state index in [0.717, 1.165) is 14.6 Å². The zero-order valence-corrected chi connectivity index (χ0v) is 12.9. The van der Waals surface area contributed by atoms with Gasteiger partial charge in [0.05, 0.1) is 5.39 Å². The number of H-pyrrole nitrogens is 1. The van der Waals surface area contributed by atoms with Gasteiger partial charge in [-0.3, -0.25) is 4.79 Å². The number of nitrogens with zero attached hydrogens (tertiary/aromatic N) is 2. The van der Waals surface area contributed by atoms with Crippen LogP contribution in [0.4, 0.5) is 0 Å². The molecule has 0 amide bonds. The molecule has 8 heteroatoms. The van der Waals surface area contributed by atoms with E-state index >= 15 is 0 Å². The van der Waals surface area contributed by atoms with Crippen LogP contribution in [0.15, 0.2) is 28.2 Å². The number of thiophene rings is 2. The summed E-state index contributed by atoms with van der Waals surface area (Å²) in [6.45, 7) is 1.72. The fraction of sp³-hybridized carbons (Fsp3) is 0.143. The lowest BCUT2D eigenvalue weighted by molar-refractivity contribution is 0.479. The first-order valence-corrected chi connectivity index (χ1v) is 7.90. The largest absolute Gasteiger partial charge is 0.506 e. The van der Waals surface area contributed by atoms with Gasteiger partial charge in [-0.15, -0.1) is 22.7 Å². The molecule has 0 aromatic carbocycles. The number of fused-ring (bicyclic) bond motifs is 1. The lowest BCUT2D eigenvalue weighted by atomic mass is 10.2. The number of aromatic nitrogens is 1. The summed E-state index contributed by atoms with van der Waals surface area (Å²) in [6.07, 6.45) is 0. The summed E-state index contributed by atoms with van der Waals surface area (Å²) in [5.41, 5.74) is -0.894. The molecular weight excluding hydrogens is 322 g/mol. The van der Waals surface area contributed by atoms with Crippen molar-refractivity contribution in [3.8, 4) is 21.6 Å². The van der Waals surface area contributed by atoms with Crippen LogP contribution in [0.3, 0.4) is 0 Å². The van der Waals surface area contributed by atoms with Crippen molar-refractivity contribution in [3.05, 3.63) is 43.9 Å². The summed E-state index contributed by atoms with van der Waals surface area (Å²) in [7, 11) is 0. The summed E-state index contributed by atoms with van der Waals surface area (Å²) >= 11 is 2.74. The Balaban J connectivity index is 2.15. The molecular formula is C14H9N3O3S2. The van der Waals surface area contributed by atoms with Crippen molar-refractivity contribution in [1.29, 1.82) is 5.26 Å². The molecule has 22 heavy (non-hydrogen) atoms. The lowest BCUT2D eigenvalue weighted by Crippen LogP contribution is -2.08. The van der Waals surface area contributed by atoms with E-state index < -0.39 is 11.6 Å². The molecule has 3 rings (SSSR count). The minimum absolute atomic E-state index is 0.289. The van der Waals surface area contributed by atoms with Crippen molar-refractivity contribution >= 4 is 32.9 Å². The minimum atomic E-state index is -0.605. The molecule has 6 nitrogen and oxygen atoms in total. The van der Waals surface area contributed by atoms with Gasteiger partial charge < -0.3 is 10.1 Å². The smallest absolute Gasteiger partial charge is 0.270 e. The third-order valence-electron chi connectivity index (χ3n) is 3.23. The van der Waals surface area contributed by atoms with Crippen LogP contribution in [0.2, 0.25) is 0 Å². The van der Waals surface area contributed by atoms with Crippen molar-refractivity contribution in [1.82, 2.24) is 4.98 Å². The first-order valence-electron chi connectivity index (χ1n) is 6.26. The molecule has 0 radical (unpaired) electrons. The van der Waals surface area contributed by atoms with Gasteiger partial charge >= 0.3 is 0 Å². The van der Waals surface area contributed by atoms with Gasteiger partial charge in [0.15, 0.2) is 5.56 Å². The summed E-state index contributed by atoms with van der Waals surface area (Å²) in [6, 6.07) is 6.71. The molecule has 3 aromatic rings. The second kappa shape index (κ2) is 5.36. The zero-order chi connectivity index (χ0) is 15.9. The molecule has 0 aliphatic heterocycles. The van der Waals surface area contributed by atoms with E-state index in [2.05, 4.69) is 10.2 Å². The van der Waals surface area contributed by atoms with Gasteiger partial charge in [-0.1, -0.05) is 5.18 Å². The Labute approximate surface area is 132 Å². The highest BCUT2D eigenvalue weighted by atomic mass is 32.1. The molecule has 3 heterocycles. The summed E-state index contributed by atoms with van der Waals surface area (Å²) in [4.78, 5) is 28.0. The number of nitrogens with one attached hydrogen (secondary N) is 1. The first-order chi connectivity index (χ1) is 10.5. The van der Waals surface area contributed by atoms with Crippen LogP contribution in [0, 0.1) is 16.2 Å². The van der Waals surface area contributed by atoms with Crippen molar-refractivity contribution in [2.24, 2.45) is 5.18 Å². The molecule has 0 fully saturated rings. The SMILES string of the molecule is CC(N=O)c1ccc(-c2cc3c(O)c(C#N)c(=O)[nH]c3s2)s1. The molecule has 0 aliphatic carbocycles. The Morgan fingerprint density at radius 2 is 2.14 bits per heavy atom. The maximum atomic E-state index is 11.7. The number of rotatable bonds is 3. The van der Waals surface area contributed by atoms with E-state index in [9.17, 15) is 14.8 Å². The fourth-order valence-corrected chi connectivity index (χ4v) is 4.18. The predicted molar refractivity (Wildman–Crippen MR) is 86.3 cm³/mol. The van der Waals surface area contributed by atoms with Crippen molar-refractivity contribution in [3.63, 3.8) is 0 Å². The number of pyridine rings is 1. The van der Waals surface area contributed by atoms with Crippen LogP contribution in [-0.2, 0) is 0 Å². The van der Waals surface area contributed by atoms with Crippen LogP contribution >= 0.6 is 22.7 Å². The predicted octanol–water partition coefficient (Wildman–Crippen LogP) is 3.72. The van der Waals surface area contributed by atoms with Gasteiger partial charge in [-0.2, -0.15) is 10.2 Å². The molecule has 0 spiro atoms. The van der Waals surface area contributed by atoms with Gasteiger partial charge in [0.2, 0.25) is 0 Å². The Bertz CT molecular complexity index is 978. The molecule has 1 unspecified atom stereocenters. The average Bonchev–Trinajstić information content (AvgIpc) is 3.13. The number of nitriles is 1. The van der Waals surface area contributed by atoms with Gasteiger partial charge in [-0.25, -0.2) is 0 Å². The van der Waals surface area contributed by atoms with Gasteiger partial charge in [0.25, 0.3) is 5.56 Å². The number of nitroso groups, excluding NO2 is 1. The molecule has 0 saturated heterocycles. The van der Waals surface area contributed by atoms with E-state index in [4.69, 9.17) is 5.26 Å². The minimum Gasteiger partial charge on any atom is -0.506 e. The molecule has 110 valence electrons. The van der Waals surface area contributed by atoms with Gasteiger partial charge in [-0.05, 0) is 25.1 Å².